The summed E-state index contributed by atoms with van der Waals surface area (Å²) in [5, 5.41) is 0. The Morgan fingerprint density at radius 1 is 1.25 bits per heavy atom. The molecule has 1 rings (SSSR count). The van der Waals surface area contributed by atoms with Crippen LogP contribution in [0.3, 0.4) is 0 Å². The largest absolute Gasteiger partial charge is 0.374 e. The number of ether oxygens (including phenoxy) is 3. The van der Waals surface area contributed by atoms with Crippen LogP contribution in [0.4, 0.5) is 10.1 Å². The molecule has 0 radical (unpaired) electrons. The number of rotatable bonds is 9. The molecule has 0 heterocycles. The number of benzene rings is 1. The zero-order chi connectivity index (χ0) is 15.0. The van der Waals surface area contributed by atoms with Gasteiger partial charge in [0, 0.05) is 33.0 Å². The Morgan fingerprint density at radius 3 is 2.50 bits per heavy atom. The Hall–Kier alpha value is -1.17. The van der Waals surface area contributed by atoms with E-state index < -0.39 is 0 Å². The first-order valence-corrected chi connectivity index (χ1v) is 6.76. The second-order valence-electron chi connectivity index (χ2n) is 4.49. The molecule has 1 aromatic rings. The number of hydrogen-bond donors (Lipinski definition) is 0. The van der Waals surface area contributed by atoms with Gasteiger partial charge in [0.2, 0.25) is 0 Å². The van der Waals surface area contributed by atoms with E-state index in [0.717, 1.165) is 12.2 Å². The minimum absolute atomic E-state index is 0.180. The zero-order valence-electron chi connectivity index (χ0n) is 12.7. The molecular formula is C15H24FNO3. The van der Waals surface area contributed by atoms with Gasteiger partial charge in [0.15, 0.2) is 6.29 Å². The summed E-state index contributed by atoms with van der Waals surface area (Å²) < 4.78 is 29.1. The molecule has 5 heteroatoms. The van der Waals surface area contributed by atoms with Gasteiger partial charge >= 0.3 is 0 Å². The first-order valence-electron chi connectivity index (χ1n) is 6.76. The Labute approximate surface area is 120 Å². The summed E-state index contributed by atoms with van der Waals surface area (Å²) in [7, 11) is 3.15. The van der Waals surface area contributed by atoms with Crippen molar-refractivity contribution in [2.24, 2.45) is 0 Å². The second kappa shape index (κ2) is 8.89. The normalized spacial score (nSPS) is 11.1. The molecule has 20 heavy (non-hydrogen) atoms. The van der Waals surface area contributed by atoms with Crippen molar-refractivity contribution in [1.82, 2.24) is 0 Å². The molecule has 4 nitrogen and oxygen atoms in total. The average molecular weight is 285 g/mol. The van der Waals surface area contributed by atoms with Gasteiger partial charge in [-0.15, -0.1) is 0 Å². The van der Waals surface area contributed by atoms with Gasteiger partial charge in [-0.2, -0.15) is 0 Å². The average Bonchev–Trinajstić information content (AvgIpc) is 2.46. The number of aryl methyl sites for hydroxylation is 1. The highest BCUT2D eigenvalue weighted by Crippen LogP contribution is 2.17. The van der Waals surface area contributed by atoms with Crippen LogP contribution in [0.15, 0.2) is 18.2 Å². The van der Waals surface area contributed by atoms with Crippen LogP contribution in [0.2, 0.25) is 0 Å². The molecule has 0 fully saturated rings. The quantitative estimate of drug-likeness (QED) is 0.515. The summed E-state index contributed by atoms with van der Waals surface area (Å²) in [4.78, 5) is 2.07. The van der Waals surface area contributed by atoms with E-state index >= 15 is 0 Å². The Balaban J connectivity index is 2.45. The van der Waals surface area contributed by atoms with Crippen LogP contribution in [0.5, 0.6) is 0 Å². The molecule has 0 aliphatic heterocycles. The van der Waals surface area contributed by atoms with Crippen LogP contribution in [-0.4, -0.2) is 46.8 Å². The minimum atomic E-state index is -0.345. The molecule has 0 saturated heterocycles. The summed E-state index contributed by atoms with van der Waals surface area (Å²) in [5.74, 6) is -0.180. The van der Waals surface area contributed by atoms with Gasteiger partial charge in [-0.05, 0) is 31.5 Å². The fourth-order valence-electron chi connectivity index (χ4n) is 1.83. The molecule has 0 aromatic heterocycles. The first-order chi connectivity index (χ1) is 9.62. The highest BCUT2D eigenvalue weighted by Gasteiger charge is 2.08. The van der Waals surface area contributed by atoms with E-state index in [1.807, 2.05) is 13.0 Å². The van der Waals surface area contributed by atoms with Crippen LogP contribution in [0.1, 0.15) is 12.5 Å². The molecule has 114 valence electrons. The highest BCUT2D eigenvalue weighted by atomic mass is 19.1. The van der Waals surface area contributed by atoms with Gasteiger partial charge in [0.05, 0.1) is 13.2 Å². The van der Waals surface area contributed by atoms with Crippen molar-refractivity contribution in [3.63, 3.8) is 0 Å². The molecule has 1 aromatic carbocycles. The topological polar surface area (TPSA) is 30.9 Å². The number of nitrogens with zero attached hydrogens (tertiary/aromatic N) is 1. The van der Waals surface area contributed by atoms with Crippen LogP contribution in [0, 0.1) is 12.7 Å². The van der Waals surface area contributed by atoms with E-state index in [-0.39, 0.29) is 12.1 Å². The maximum absolute atomic E-state index is 13.6. The number of methoxy groups -OCH3 is 2. The SMILES string of the molecule is CCN(CCOCC(OC)OC)c1ccc(C)c(F)c1. The van der Waals surface area contributed by atoms with Crippen molar-refractivity contribution in [2.45, 2.75) is 20.1 Å². The van der Waals surface area contributed by atoms with Gasteiger partial charge in [0.25, 0.3) is 0 Å². The van der Waals surface area contributed by atoms with E-state index in [1.165, 1.54) is 0 Å². The van der Waals surface area contributed by atoms with E-state index in [0.29, 0.717) is 25.3 Å². The van der Waals surface area contributed by atoms with Gasteiger partial charge in [-0.3, -0.25) is 0 Å². The van der Waals surface area contributed by atoms with E-state index in [9.17, 15) is 4.39 Å². The van der Waals surface area contributed by atoms with Crippen LogP contribution >= 0.6 is 0 Å². The Kier molecular flexibility index (Phi) is 7.51. The third-order valence-electron chi connectivity index (χ3n) is 3.19. The smallest absolute Gasteiger partial charge is 0.180 e. The van der Waals surface area contributed by atoms with E-state index in [4.69, 9.17) is 14.2 Å². The third-order valence-corrected chi connectivity index (χ3v) is 3.19. The molecule has 0 spiro atoms. The molecule has 0 unspecified atom stereocenters. The summed E-state index contributed by atoms with van der Waals surface area (Å²) >= 11 is 0. The maximum atomic E-state index is 13.6. The lowest BCUT2D eigenvalue weighted by molar-refractivity contribution is -0.139. The monoisotopic (exact) mass is 285 g/mol. The number of likely N-dealkylation sites (N-methyl/N-ethyl adjacent to an activating group) is 1. The Morgan fingerprint density at radius 2 is 1.95 bits per heavy atom. The van der Waals surface area contributed by atoms with Crippen LogP contribution in [0.25, 0.3) is 0 Å². The standard InChI is InChI=1S/C15H24FNO3/c1-5-17(8-9-20-11-15(18-3)19-4)13-7-6-12(2)14(16)10-13/h6-7,10,15H,5,8-9,11H2,1-4H3. The number of halogens is 1. The molecule has 0 bridgehead atoms. The van der Waals surface area contributed by atoms with Gasteiger partial charge < -0.3 is 19.1 Å². The lowest BCUT2D eigenvalue weighted by atomic mass is 10.2. The van der Waals surface area contributed by atoms with Gasteiger partial charge in [0.1, 0.15) is 5.82 Å². The van der Waals surface area contributed by atoms with Crippen molar-refractivity contribution >= 4 is 5.69 Å². The van der Waals surface area contributed by atoms with Crippen LogP contribution in [-0.2, 0) is 14.2 Å². The zero-order valence-corrected chi connectivity index (χ0v) is 12.7. The van der Waals surface area contributed by atoms with Crippen molar-refractivity contribution in [2.75, 3.05) is 45.4 Å². The number of hydrogen-bond acceptors (Lipinski definition) is 4. The fourth-order valence-corrected chi connectivity index (χ4v) is 1.83. The van der Waals surface area contributed by atoms with Crippen molar-refractivity contribution in [1.29, 1.82) is 0 Å². The van der Waals surface area contributed by atoms with Gasteiger partial charge in [-0.25, -0.2) is 4.39 Å². The van der Waals surface area contributed by atoms with Crippen molar-refractivity contribution < 1.29 is 18.6 Å². The summed E-state index contributed by atoms with van der Waals surface area (Å²) in [6, 6.07) is 5.28. The predicted molar refractivity (Wildman–Crippen MR) is 77.6 cm³/mol. The molecular weight excluding hydrogens is 261 g/mol. The van der Waals surface area contributed by atoms with Crippen molar-refractivity contribution in [3.8, 4) is 0 Å². The maximum Gasteiger partial charge on any atom is 0.180 e. The van der Waals surface area contributed by atoms with E-state index in [1.54, 1.807) is 33.3 Å². The van der Waals surface area contributed by atoms with Crippen molar-refractivity contribution in [3.05, 3.63) is 29.6 Å². The Bertz CT molecular complexity index is 397. The molecule has 0 N–H and O–H groups in total. The lowest BCUT2D eigenvalue weighted by Crippen LogP contribution is -2.29. The fraction of sp³-hybridized carbons (Fsp3) is 0.600. The van der Waals surface area contributed by atoms with Crippen LogP contribution < -0.4 is 4.90 Å². The molecule has 0 amide bonds. The second-order valence-corrected chi connectivity index (χ2v) is 4.49. The summed E-state index contributed by atoms with van der Waals surface area (Å²) in [5.41, 5.74) is 1.53. The number of anilines is 1. The molecule has 0 atom stereocenters. The predicted octanol–water partition coefficient (Wildman–Crippen LogP) is 2.60. The molecule has 0 aliphatic carbocycles. The minimum Gasteiger partial charge on any atom is -0.374 e. The third kappa shape index (κ3) is 5.07. The molecule has 0 aliphatic rings. The highest BCUT2D eigenvalue weighted by molar-refractivity contribution is 5.47. The first kappa shape index (κ1) is 16.9. The lowest BCUT2D eigenvalue weighted by Gasteiger charge is -2.24. The summed E-state index contributed by atoms with van der Waals surface area (Å²) in [6.07, 6.45) is -0.345. The summed E-state index contributed by atoms with van der Waals surface area (Å²) in [6.45, 7) is 6.20. The van der Waals surface area contributed by atoms with E-state index in [2.05, 4.69) is 4.90 Å². The molecule has 0 saturated carbocycles. The van der Waals surface area contributed by atoms with Gasteiger partial charge in [-0.1, -0.05) is 6.07 Å².